The van der Waals surface area contributed by atoms with Crippen molar-refractivity contribution < 1.29 is 27.9 Å². The topological polar surface area (TPSA) is 82.6 Å². The zero-order valence-corrected chi connectivity index (χ0v) is 13.0. The second kappa shape index (κ2) is 7.73. The molecule has 2 aromatic rings. The maximum Gasteiger partial charge on any atom is 0.471 e. The predicted molar refractivity (Wildman–Crippen MR) is 78.5 cm³/mol. The van der Waals surface area contributed by atoms with Crippen LogP contribution in [0.4, 0.5) is 13.2 Å². The molecule has 0 saturated heterocycles. The van der Waals surface area contributed by atoms with E-state index >= 15 is 0 Å². The van der Waals surface area contributed by atoms with E-state index in [1.165, 1.54) is 0 Å². The molecule has 0 fully saturated rings. The molecule has 0 spiro atoms. The van der Waals surface area contributed by atoms with Crippen molar-refractivity contribution in [1.82, 2.24) is 15.0 Å². The smallest absolute Gasteiger partial charge is 0.395 e. The Hall–Kier alpha value is -1.97. The Morgan fingerprint density at radius 1 is 1.25 bits per heavy atom. The van der Waals surface area contributed by atoms with Gasteiger partial charge in [-0.15, -0.1) is 0 Å². The highest BCUT2D eigenvalue weighted by molar-refractivity contribution is 5.54. The van der Waals surface area contributed by atoms with E-state index in [2.05, 4.69) is 14.7 Å². The van der Waals surface area contributed by atoms with Crippen molar-refractivity contribution in [2.75, 3.05) is 13.2 Å². The summed E-state index contributed by atoms with van der Waals surface area (Å²) in [6.45, 7) is 2.46. The van der Waals surface area contributed by atoms with Gasteiger partial charge in [-0.2, -0.15) is 18.2 Å². The number of hydrogen-bond acceptors (Lipinski definition) is 6. The van der Waals surface area contributed by atoms with E-state index in [9.17, 15) is 18.3 Å². The van der Waals surface area contributed by atoms with Crippen molar-refractivity contribution >= 4 is 0 Å². The number of aliphatic hydroxyl groups is 2. The first-order chi connectivity index (χ1) is 11.3. The third-order valence-electron chi connectivity index (χ3n) is 3.44. The lowest BCUT2D eigenvalue weighted by Crippen LogP contribution is -2.36. The first kappa shape index (κ1) is 18.4. The monoisotopic (exact) mass is 345 g/mol. The molecular formula is C15H18F3N3O3. The number of rotatable bonds is 7. The van der Waals surface area contributed by atoms with Gasteiger partial charge in [0.25, 0.3) is 0 Å². The quantitative estimate of drug-likeness (QED) is 0.749. The first-order valence-corrected chi connectivity index (χ1v) is 7.38. The molecule has 9 heteroatoms. The summed E-state index contributed by atoms with van der Waals surface area (Å²) >= 11 is 0. The van der Waals surface area contributed by atoms with E-state index in [4.69, 9.17) is 5.11 Å². The average molecular weight is 345 g/mol. The lowest BCUT2D eigenvalue weighted by molar-refractivity contribution is -0.159. The molecule has 0 radical (unpaired) electrons. The van der Waals surface area contributed by atoms with Crippen LogP contribution in [-0.4, -0.2) is 44.6 Å². The van der Waals surface area contributed by atoms with E-state index < -0.39 is 18.3 Å². The molecule has 0 aliphatic rings. The lowest BCUT2D eigenvalue weighted by atomic mass is 10.1. The summed E-state index contributed by atoms with van der Waals surface area (Å²) in [5, 5.41) is 22.3. The van der Waals surface area contributed by atoms with Crippen molar-refractivity contribution in [3.05, 3.63) is 35.7 Å². The summed E-state index contributed by atoms with van der Waals surface area (Å²) in [5.41, 5.74) is 1.22. The minimum Gasteiger partial charge on any atom is -0.395 e. The number of aliphatic hydroxyl groups excluding tert-OH is 2. The van der Waals surface area contributed by atoms with Crippen LogP contribution in [0.5, 0.6) is 0 Å². The van der Waals surface area contributed by atoms with Crippen LogP contribution in [0.3, 0.4) is 0 Å². The third kappa shape index (κ3) is 4.53. The van der Waals surface area contributed by atoms with Crippen LogP contribution in [0.2, 0.25) is 0 Å². The molecule has 1 aromatic carbocycles. The van der Waals surface area contributed by atoms with E-state index in [1.807, 2.05) is 6.92 Å². The minimum atomic E-state index is -4.67. The molecule has 0 bridgehead atoms. The molecule has 0 aliphatic carbocycles. The number of halogens is 3. The Bertz CT molecular complexity index is 643. The SMILES string of the molecule is CCC(O)N(CCO)Cc1ccc(-c2noc(C(F)(F)F)n2)cc1. The van der Waals surface area contributed by atoms with Crippen molar-refractivity contribution in [2.24, 2.45) is 0 Å². The van der Waals surface area contributed by atoms with Crippen molar-refractivity contribution in [3.8, 4) is 11.4 Å². The van der Waals surface area contributed by atoms with Gasteiger partial charge in [-0.25, -0.2) is 0 Å². The van der Waals surface area contributed by atoms with Crippen LogP contribution in [0.25, 0.3) is 11.4 Å². The number of benzene rings is 1. The fourth-order valence-corrected chi connectivity index (χ4v) is 2.17. The zero-order valence-electron chi connectivity index (χ0n) is 13.0. The zero-order chi connectivity index (χ0) is 17.7. The fourth-order valence-electron chi connectivity index (χ4n) is 2.17. The number of alkyl halides is 3. The maximum absolute atomic E-state index is 12.5. The first-order valence-electron chi connectivity index (χ1n) is 7.38. The van der Waals surface area contributed by atoms with Gasteiger partial charge in [0.15, 0.2) is 0 Å². The van der Waals surface area contributed by atoms with Gasteiger partial charge < -0.3 is 14.7 Å². The second-order valence-corrected chi connectivity index (χ2v) is 5.20. The molecule has 0 amide bonds. The average Bonchev–Trinajstić information content (AvgIpc) is 3.04. The van der Waals surface area contributed by atoms with E-state index in [0.717, 1.165) is 5.56 Å². The van der Waals surface area contributed by atoms with Crippen molar-refractivity contribution in [1.29, 1.82) is 0 Å². The van der Waals surface area contributed by atoms with E-state index in [-0.39, 0.29) is 12.4 Å². The van der Waals surface area contributed by atoms with Crippen LogP contribution < -0.4 is 0 Å². The van der Waals surface area contributed by atoms with Gasteiger partial charge in [-0.1, -0.05) is 36.3 Å². The van der Waals surface area contributed by atoms with Crippen LogP contribution in [0.1, 0.15) is 24.8 Å². The molecule has 1 atom stereocenters. The third-order valence-corrected chi connectivity index (χ3v) is 3.44. The molecule has 2 rings (SSSR count). The molecule has 1 unspecified atom stereocenters. The number of nitrogens with zero attached hydrogens (tertiary/aromatic N) is 3. The van der Waals surface area contributed by atoms with Gasteiger partial charge in [0.05, 0.1) is 6.61 Å². The molecule has 0 saturated carbocycles. The normalized spacial score (nSPS) is 13.5. The summed E-state index contributed by atoms with van der Waals surface area (Å²) in [6, 6.07) is 6.56. The highest BCUT2D eigenvalue weighted by atomic mass is 19.4. The van der Waals surface area contributed by atoms with Gasteiger partial charge in [0.2, 0.25) is 5.82 Å². The largest absolute Gasteiger partial charge is 0.471 e. The van der Waals surface area contributed by atoms with Crippen LogP contribution in [0.15, 0.2) is 28.8 Å². The van der Waals surface area contributed by atoms with Crippen LogP contribution >= 0.6 is 0 Å². The Morgan fingerprint density at radius 3 is 2.42 bits per heavy atom. The standard InChI is InChI=1S/C15H18F3N3O3/c1-2-12(23)21(7-8-22)9-10-3-5-11(6-4-10)13-19-14(24-20-13)15(16,17)18/h3-6,12,22-23H,2,7-9H2,1H3. The summed E-state index contributed by atoms with van der Waals surface area (Å²) < 4.78 is 41.6. The molecule has 6 nitrogen and oxygen atoms in total. The van der Waals surface area contributed by atoms with E-state index in [0.29, 0.717) is 25.1 Å². The van der Waals surface area contributed by atoms with Crippen LogP contribution in [-0.2, 0) is 12.7 Å². The Morgan fingerprint density at radius 2 is 1.92 bits per heavy atom. The summed E-state index contributed by atoms with van der Waals surface area (Å²) in [6.07, 6.45) is -4.84. The van der Waals surface area contributed by atoms with Crippen molar-refractivity contribution in [3.63, 3.8) is 0 Å². The van der Waals surface area contributed by atoms with Gasteiger partial charge in [0.1, 0.15) is 6.23 Å². The second-order valence-electron chi connectivity index (χ2n) is 5.20. The Kier molecular flexibility index (Phi) is 5.92. The highest BCUT2D eigenvalue weighted by Gasteiger charge is 2.38. The van der Waals surface area contributed by atoms with Gasteiger partial charge >= 0.3 is 12.1 Å². The van der Waals surface area contributed by atoms with E-state index in [1.54, 1.807) is 29.2 Å². The van der Waals surface area contributed by atoms with Crippen molar-refractivity contribution in [2.45, 2.75) is 32.3 Å². The minimum absolute atomic E-state index is 0.0851. The van der Waals surface area contributed by atoms with Gasteiger partial charge in [-0.3, -0.25) is 4.90 Å². The van der Waals surface area contributed by atoms with Gasteiger partial charge in [-0.05, 0) is 12.0 Å². The molecular weight excluding hydrogens is 327 g/mol. The molecule has 0 aliphatic heterocycles. The molecule has 1 heterocycles. The molecule has 132 valence electrons. The summed E-state index contributed by atoms with van der Waals surface area (Å²) in [4.78, 5) is 5.03. The maximum atomic E-state index is 12.5. The van der Waals surface area contributed by atoms with Crippen LogP contribution in [0, 0.1) is 0 Å². The predicted octanol–water partition coefficient (Wildman–Crippen LogP) is 2.28. The number of aromatic nitrogens is 2. The Balaban J connectivity index is 2.11. The number of hydrogen-bond donors (Lipinski definition) is 2. The fraction of sp³-hybridized carbons (Fsp3) is 0.467. The molecule has 24 heavy (non-hydrogen) atoms. The lowest BCUT2D eigenvalue weighted by Gasteiger charge is -2.26. The summed E-state index contributed by atoms with van der Waals surface area (Å²) in [5.74, 6) is -1.53. The molecule has 1 aromatic heterocycles. The summed E-state index contributed by atoms with van der Waals surface area (Å²) in [7, 11) is 0. The Labute approximate surface area is 136 Å². The molecule has 2 N–H and O–H groups in total. The highest BCUT2D eigenvalue weighted by Crippen LogP contribution is 2.29. The van der Waals surface area contributed by atoms with Gasteiger partial charge in [0, 0.05) is 18.7 Å².